The van der Waals surface area contributed by atoms with Crippen LogP contribution in [0.3, 0.4) is 0 Å². The monoisotopic (exact) mass is 267 g/mol. The lowest BCUT2D eigenvalue weighted by Gasteiger charge is -2.04. The van der Waals surface area contributed by atoms with Crippen LogP contribution in [0.1, 0.15) is 22.3 Å². The van der Waals surface area contributed by atoms with E-state index < -0.39 is 5.97 Å². The number of carboxylic acids is 1. The number of hydrogen-bond donors (Lipinski definition) is 1. The molecule has 2 aromatic rings. The number of carboxylic acid groups (broad SMARTS) is 1. The molecule has 1 N–H and O–H groups in total. The van der Waals surface area contributed by atoms with Crippen molar-refractivity contribution in [2.75, 3.05) is 5.43 Å². The fraction of sp³-hybridized carbons (Fsp3) is 0.125. The molecule has 0 aliphatic carbocycles. The molecule has 0 amide bonds. The minimum absolute atomic E-state index is 0.156. The molecule has 0 unspecified atom stereocenters. The zero-order chi connectivity index (χ0) is 14.2. The highest BCUT2D eigenvalue weighted by molar-refractivity contribution is 5.86. The normalized spacial score (nSPS) is 10.6. The standard InChI is InChI=1S/C16H16N2O2/c19-16(20)14-8-10-15(11-9-14)18-17-12-4-7-13-5-2-1-3-6-13/h1-3,5-6,8-12,18H,4,7H2,(H,19,20)/p-1/b17-12-. The number of hydrogen-bond acceptors (Lipinski definition) is 4. The Morgan fingerprint density at radius 3 is 2.45 bits per heavy atom. The van der Waals surface area contributed by atoms with Gasteiger partial charge in [0.2, 0.25) is 0 Å². The van der Waals surface area contributed by atoms with Crippen LogP contribution in [0.4, 0.5) is 5.69 Å². The van der Waals surface area contributed by atoms with Gasteiger partial charge in [-0.1, -0.05) is 42.5 Å². The van der Waals surface area contributed by atoms with Gasteiger partial charge in [-0.15, -0.1) is 0 Å². The van der Waals surface area contributed by atoms with Crippen LogP contribution in [0.15, 0.2) is 59.7 Å². The van der Waals surface area contributed by atoms with Crippen molar-refractivity contribution in [3.05, 3.63) is 65.7 Å². The summed E-state index contributed by atoms with van der Waals surface area (Å²) in [4.78, 5) is 10.6. The third-order valence-electron chi connectivity index (χ3n) is 2.81. The molecule has 0 aliphatic rings. The Morgan fingerprint density at radius 2 is 1.80 bits per heavy atom. The van der Waals surface area contributed by atoms with Crippen LogP contribution in [-0.2, 0) is 6.42 Å². The Labute approximate surface area is 117 Å². The molecule has 0 saturated carbocycles. The zero-order valence-corrected chi connectivity index (χ0v) is 11.0. The molecule has 0 aliphatic heterocycles. The summed E-state index contributed by atoms with van der Waals surface area (Å²) in [6.45, 7) is 0. The Hall–Kier alpha value is -2.62. The zero-order valence-electron chi connectivity index (χ0n) is 11.0. The number of nitrogens with one attached hydrogen (secondary N) is 1. The van der Waals surface area contributed by atoms with E-state index in [2.05, 4.69) is 22.7 Å². The second-order valence-electron chi connectivity index (χ2n) is 4.31. The number of aryl methyl sites for hydroxylation is 1. The van der Waals surface area contributed by atoms with E-state index in [1.54, 1.807) is 18.3 Å². The molecule has 0 radical (unpaired) electrons. The van der Waals surface area contributed by atoms with Gasteiger partial charge in [0.15, 0.2) is 0 Å². The molecule has 0 heterocycles. The number of rotatable bonds is 6. The van der Waals surface area contributed by atoms with Crippen molar-refractivity contribution < 1.29 is 9.90 Å². The molecule has 0 spiro atoms. The van der Waals surface area contributed by atoms with E-state index in [0.29, 0.717) is 0 Å². The number of aromatic carboxylic acids is 1. The minimum atomic E-state index is -1.18. The van der Waals surface area contributed by atoms with Crippen LogP contribution in [-0.4, -0.2) is 12.2 Å². The van der Waals surface area contributed by atoms with Crippen molar-refractivity contribution in [1.82, 2.24) is 0 Å². The number of anilines is 1. The smallest absolute Gasteiger partial charge is 0.0715 e. The van der Waals surface area contributed by atoms with Crippen molar-refractivity contribution in [2.45, 2.75) is 12.8 Å². The molecule has 0 atom stereocenters. The average molecular weight is 267 g/mol. The second kappa shape index (κ2) is 7.09. The molecule has 0 fully saturated rings. The third kappa shape index (κ3) is 4.24. The summed E-state index contributed by atoms with van der Waals surface area (Å²) in [6, 6.07) is 16.5. The molecule has 20 heavy (non-hydrogen) atoms. The van der Waals surface area contributed by atoms with Gasteiger partial charge in [0, 0.05) is 6.21 Å². The van der Waals surface area contributed by atoms with Gasteiger partial charge in [-0.05, 0) is 36.1 Å². The Bertz CT molecular complexity index is 577. The number of benzene rings is 2. The largest absolute Gasteiger partial charge is 0.545 e. The van der Waals surface area contributed by atoms with Crippen LogP contribution in [0.2, 0.25) is 0 Å². The first kappa shape index (κ1) is 13.8. The van der Waals surface area contributed by atoms with E-state index in [0.717, 1.165) is 18.5 Å². The van der Waals surface area contributed by atoms with E-state index >= 15 is 0 Å². The van der Waals surface area contributed by atoms with Gasteiger partial charge in [0.05, 0.1) is 11.7 Å². The van der Waals surface area contributed by atoms with E-state index in [1.165, 1.54) is 17.7 Å². The minimum Gasteiger partial charge on any atom is -0.545 e. The quantitative estimate of drug-likeness (QED) is 0.643. The first-order chi connectivity index (χ1) is 9.75. The molecule has 4 heteroatoms. The SMILES string of the molecule is O=C([O-])c1ccc(N/N=C\CCc2ccccc2)cc1. The van der Waals surface area contributed by atoms with Crippen molar-refractivity contribution in [2.24, 2.45) is 5.10 Å². The molecule has 0 saturated heterocycles. The maximum absolute atomic E-state index is 10.6. The van der Waals surface area contributed by atoms with Crippen LogP contribution < -0.4 is 10.5 Å². The predicted molar refractivity (Wildman–Crippen MR) is 77.7 cm³/mol. The molecular weight excluding hydrogens is 252 g/mol. The molecule has 0 aromatic heterocycles. The van der Waals surface area contributed by atoms with Crippen molar-refractivity contribution in [3.63, 3.8) is 0 Å². The van der Waals surface area contributed by atoms with Gasteiger partial charge in [-0.3, -0.25) is 5.43 Å². The summed E-state index contributed by atoms with van der Waals surface area (Å²) in [5, 5.41) is 14.7. The first-order valence-corrected chi connectivity index (χ1v) is 6.38. The van der Waals surface area contributed by atoms with Crippen LogP contribution in [0.25, 0.3) is 0 Å². The summed E-state index contributed by atoms with van der Waals surface area (Å²) in [7, 11) is 0. The number of hydrazone groups is 1. The van der Waals surface area contributed by atoms with E-state index in [4.69, 9.17) is 0 Å². The summed E-state index contributed by atoms with van der Waals surface area (Å²) in [6.07, 6.45) is 3.59. The lowest BCUT2D eigenvalue weighted by atomic mass is 10.1. The molecule has 102 valence electrons. The Balaban J connectivity index is 1.77. The molecule has 4 nitrogen and oxygen atoms in total. The Morgan fingerprint density at radius 1 is 1.10 bits per heavy atom. The fourth-order valence-corrected chi connectivity index (χ4v) is 1.74. The molecule has 2 rings (SSSR count). The molecular formula is C16H15N2O2-. The summed E-state index contributed by atoms with van der Waals surface area (Å²) in [5.74, 6) is -1.18. The van der Waals surface area contributed by atoms with Gasteiger partial charge >= 0.3 is 0 Å². The van der Waals surface area contributed by atoms with E-state index in [9.17, 15) is 9.90 Å². The predicted octanol–water partition coefficient (Wildman–Crippen LogP) is 2.08. The highest BCUT2D eigenvalue weighted by Crippen LogP contribution is 2.08. The van der Waals surface area contributed by atoms with Crippen molar-refractivity contribution >= 4 is 17.9 Å². The second-order valence-corrected chi connectivity index (χ2v) is 4.31. The van der Waals surface area contributed by atoms with Gasteiger partial charge in [-0.2, -0.15) is 5.10 Å². The molecule has 0 bridgehead atoms. The first-order valence-electron chi connectivity index (χ1n) is 6.38. The average Bonchev–Trinajstić information content (AvgIpc) is 2.48. The van der Waals surface area contributed by atoms with Crippen molar-refractivity contribution in [3.8, 4) is 0 Å². The number of nitrogens with zero attached hydrogens (tertiary/aromatic N) is 1. The van der Waals surface area contributed by atoms with Crippen LogP contribution >= 0.6 is 0 Å². The number of carbonyl (C=O) groups is 1. The van der Waals surface area contributed by atoms with Crippen LogP contribution in [0, 0.1) is 0 Å². The summed E-state index contributed by atoms with van der Waals surface area (Å²) in [5.41, 5.74) is 5.03. The van der Waals surface area contributed by atoms with Crippen molar-refractivity contribution in [1.29, 1.82) is 0 Å². The van der Waals surface area contributed by atoms with E-state index in [-0.39, 0.29) is 5.56 Å². The topological polar surface area (TPSA) is 64.5 Å². The maximum Gasteiger partial charge on any atom is 0.0715 e. The van der Waals surface area contributed by atoms with Crippen LogP contribution in [0.5, 0.6) is 0 Å². The highest BCUT2D eigenvalue weighted by atomic mass is 16.4. The van der Waals surface area contributed by atoms with Gasteiger partial charge in [0.25, 0.3) is 0 Å². The van der Waals surface area contributed by atoms with Gasteiger partial charge < -0.3 is 9.90 Å². The lowest BCUT2D eigenvalue weighted by molar-refractivity contribution is -0.255. The number of carbonyl (C=O) groups excluding carboxylic acids is 1. The summed E-state index contributed by atoms with van der Waals surface area (Å²) >= 11 is 0. The van der Waals surface area contributed by atoms with Gasteiger partial charge in [0.1, 0.15) is 0 Å². The highest BCUT2D eigenvalue weighted by Gasteiger charge is 1.93. The van der Waals surface area contributed by atoms with E-state index in [1.807, 2.05) is 18.2 Å². The van der Waals surface area contributed by atoms with Gasteiger partial charge in [-0.25, -0.2) is 0 Å². The maximum atomic E-state index is 10.6. The Kier molecular flexibility index (Phi) is 4.89. The summed E-state index contributed by atoms with van der Waals surface area (Å²) < 4.78 is 0. The fourth-order valence-electron chi connectivity index (χ4n) is 1.74. The lowest BCUT2D eigenvalue weighted by Crippen LogP contribution is -2.21. The third-order valence-corrected chi connectivity index (χ3v) is 2.81. The molecule has 2 aromatic carbocycles.